The summed E-state index contributed by atoms with van der Waals surface area (Å²) < 4.78 is 42.5. The maximum atomic E-state index is 13.8. The molecule has 0 aliphatic rings. The second kappa shape index (κ2) is 13.6. The number of esters is 1. The lowest BCUT2D eigenvalue weighted by Crippen LogP contribution is -2.18. The first kappa shape index (κ1) is 25.5. The van der Waals surface area contributed by atoms with Gasteiger partial charge in [-0.15, -0.1) is 0 Å². The van der Waals surface area contributed by atoms with Crippen LogP contribution >= 0.6 is 0 Å². The zero-order chi connectivity index (χ0) is 24.1. The number of allylic oxidation sites excluding steroid dienone is 1. The Morgan fingerprint density at radius 3 is 2.58 bits per heavy atom. The number of carbonyl (C=O) groups is 2. The number of nitrogens with one attached hydrogen (secondary N) is 1. The molecule has 0 radical (unpaired) electrons. The molecule has 2 aromatic carbocycles. The standard InChI is InChI=1S/C24H25F2NO6/c1-2-14-32-23(29)6-4-3-5-22(17-7-10-19(11-8-17)31-15-13-28)33-24(30)27-21-12-9-18(25)16-20(21)26/h2,4,6-12,16,22,28H,1,3,5,13-15H2,(H,27,30)/b6-4+/t22-/m1/s1. The van der Waals surface area contributed by atoms with Crippen molar-refractivity contribution >= 4 is 17.7 Å². The number of carbonyl (C=O) groups excluding carboxylic acids is 2. The van der Waals surface area contributed by atoms with Crippen LogP contribution in [0.25, 0.3) is 0 Å². The number of halogens is 2. The normalized spacial score (nSPS) is 11.6. The summed E-state index contributed by atoms with van der Waals surface area (Å²) in [4.78, 5) is 23.9. The minimum absolute atomic E-state index is 0.0970. The molecular weight excluding hydrogens is 436 g/mol. The highest BCUT2D eigenvalue weighted by atomic mass is 19.1. The number of aliphatic hydroxyl groups excluding tert-OH is 1. The predicted molar refractivity (Wildman–Crippen MR) is 118 cm³/mol. The van der Waals surface area contributed by atoms with Crippen LogP contribution in [0.3, 0.4) is 0 Å². The molecule has 2 rings (SSSR count). The minimum Gasteiger partial charge on any atom is -0.491 e. The molecule has 7 nitrogen and oxygen atoms in total. The van der Waals surface area contributed by atoms with Crippen LogP contribution in [-0.4, -0.2) is 37.0 Å². The summed E-state index contributed by atoms with van der Waals surface area (Å²) in [5, 5.41) is 11.1. The van der Waals surface area contributed by atoms with Crippen LogP contribution in [0.5, 0.6) is 5.75 Å². The van der Waals surface area contributed by atoms with E-state index in [0.717, 1.165) is 12.1 Å². The van der Waals surface area contributed by atoms with Gasteiger partial charge >= 0.3 is 12.1 Å². The van der Waals surface area contributed by atoms with E-state index in [9.17, 15) is 18.4 Å². The van der Waals surface area contributed by atoms with Gasteiger partial charge in [-0.3, -0.25) is 5.32 Å². The van der Waals surface area contributed by atoms with Gasteiger partial charge in [0.05, 0.1) is 12.3 Å². The average molecular weight is 461 g/mol. The first-order chi connectivity index (χ1) is 15.9. The molecule has 0 spiro atoms. The fourth-order valence-electron chi connectivity index (χ4n) is 2.71. The van der Waals surface area contributed by atoms with Gasteiger partial charge in [0.1, 0.15) is 36.7 Å². The molecule has 0 aromatic heterocycles. The molecule has 2 N–H and O–H groups in total. The van der Waals surface area contributed by atoms with Gasteiger partial charge in [-0.05, 0) is 42.7 Å². The summed E-state index contributed by atoms with van der Waals surface area (Å²) in [5.74, 6) is -1.71. The first-order valence-corrected chi connectivity index (χ1v) is 10.1. The van der Waals surface area contributed by atoms with E-state index in [1.54, 1.807) is 30.3 Å². The Kier molecular flexibility index (Phi) is 10.6. The van der Waals surface area contributed by atoms with Crippen LogP contribution < -0.4 is 10.1 Å². The zero-order valence-electron chi connectivity index (χ0n) is 17.8. The number of anilines is 1. The molecule has 0 saturated heterocycles. The lowest BCUT2D eigenvalue weighted by molar-refractivity contribution is -0.136. The fourth-order valence-corrected chi connectivity index (χ4v) is 2.71. The van der Waals surface area contributed by atoms with Crippen LogP contribution in [0, 0.1) is 11.6 Å². The van der Waals surface area contributed by atoms with Crippen molar-refractivity contribution in [2.45, 2.75) is 18.9 Å². The molecule has 176 valence electrons. The van der Waals surface area contributed by atoms with Gasteiger partial charge in [0.2, 0.25) is 0 Å². The average Bonchev–Trinajstić information content (AvgIpc) is 2.80. The third kappa shape index (κ3) is 9.12. The maximum Gasteiger partial charge on any atom is 0.412 e. The van der Waals surface area contributed by atoms with Crippen molar-refractivity contribution in [2.75, 3.05) is 25.1 Å². The summed E-state index contributed by atoms with van der Waals surface area (Å²) >= 11 is 0. The van der Waals surface area contributed by atoms with Gasteiger partial charge in [0.25, 0.3) is 0 Å². The Morgan fingerprint density at radius 2 is 1.91 bits per heavy atom. The molecule has 33 heavy (non-hydrogen) atoms. The largest absolute Gasteiger partial charge is 0.491 e. The number of amides is 1. The summed E-state index contributed by atoms with van der Waals surface area (Å²) in [7, 11) is 0. The fraction of sp³-hybridized carbons (Fsp3) is 0.250. The van der Waals surface area contributed by atoms with Crippen LogP contribution in [0.15, 0.2) is 67.3 Å². The van der Waals surface area contributed by atoms with Gasteiger partial charge in [0, 0.05) is 12.1 Å². The molecular formula is C24H25F2NO6. The van der Waals surface area contributed by atoms with E-state index in [0.29, 0.717) is 30.2 Å². The van der Waals surface area contributed by atoms with Gasteiger partial charge < -0.3 is 19.3 Å². The van der Waals surface area contributed by atoms with Crippen molar-refractivity contribution in [1.82, 2.24) is 0 Å². The molecule has 0 bridgehead atoms. The number of benzene rings is 2. The number of rotatable bonds is 12. The van der Waals surface area contributed by atoms with Crippen LogP contribution in [0.4, 0.5) is 19.3 Å². The summed E-state index contributed by atoms with van der Waals surface area (Å²) in [6, 6.07) is 9.43. The van der Waals surface area contributed by atoms with Crippen molar-refractivity contribution in [3.05, 3.63) is 84.5 Å². The molecule has 0 aliphatic heterocycles. The van der Waals surface area contributed by atoms with Crippen molar-refractivity contribution in [3.63, 3.8) is 0 Å². The topological polar surface area (TPSA) is 94.1 Å². The van der Waals surface area contributed by atoms with Gasteiger partial charge in [-0.25, -0.2) is 18.4 Å². The summed E-state index contributed by atoms with van der Waals surface area (Å²) in [6.45, 7) is 3.56. The highest BCUT2D eigenvalue weighted by Gasteiger charge is 2.18. The SMILES string of the molecule is C=CCOC(=O)/C=C/CC[C@@H](OC(=O)Nc1ccc(F)cc1F)c1ccc(OCCO)cc1. The van der Waals surface area contributed by atoms with Crippen molar-refractivity contribution < 1.29 is 37.7 Å². The maximum absolute atomic E-state index is 13.8. The van der Waals surface area contributed by atoms with Crippen molar-refractivity contribution in [3.8, 4) is 5.75 Å². The minimum atomic E-state index is -0.935. The van der Waals surface area contributed by atoms with E-state index in [-0.39, 0.29) is 25.5 Å². The lowest BCUT2D eigenvalue weighted by atomic mass is 10.0. The molecule has 0 fully saturated rings. The van der Waals surface area contributed by atoms with Gasteiger partial charge in [0.15, 0.2) is 0 Å². The second-order valence-electron chi connectivity index (χ2n) is 6.68. The van der Waals surface area contributed by atoms with Gasteiger partial charge in [-0.2, -0.15) is 0 Å². The quantitative estimate of drug-likeness (QED) is 0.271. The molecule has 2 aromatic rings. The monoisotopic (exact) mass is 461 g/mol. The Balaban J connectivity index is 2.07. The molecule has 0 saturated carbocycles. The van der Waals surface area contributed by atoms with E-state index >= 15 is 0 Å². The second-order valence-corrected chi connectivity index (χ2v) is 6.68. The summed E-state index contributed by atoms with van der Waals surface area (Å²) in [6.07, 6.45) is 3.30. The highest BCUT2D eigenvalue weighted by molar-refractivity contribution is 5.85. The molecule has 0 heterocycles. The van der Waals surface area contributed by atoms with E-state index < -0.39 is 29.8 Å². The Bertz CT molecular complexity index is 962. The van der Waals surface area contributed by atoms with E-state index in [2.05, 4.69) is 11.9 Å². The Labute approximate surface area is 190 Å². The Morgan fingerprint density at radius 1 is 1.15 bits per heavy atom. The Hall–Kier alpha value is -3.72. The molecule has 0 aliphatic carbocycles. The third-order valence-electron chi connectivity index (χ3n) is 4.22. The lowest BCUT2D eigenvalue weighted by Gasteiger charge is -2.19. The van der Waals surface area contributed by atoms with E-state index in [1.165, 1.54) is 12.2 Å². The van der Waals surface area contributed by atoms with Crippen molar-refractivity contribution in [2.24, 2.45) is 0 Å². The molecule has 9 heteroatoms. The van der Waals surface area contributed by atoms with Crippen LogP contribution in [0.2, 0.25) is 0 Å². The van der Waals surface area contributed by atoms with E-state index in [1.807, 2.05) is 0 Å². The van der Waals surface area contributed by atoms with Crippen LogP contribution in [-0.2, 0) is 14.3 Å². The molecule has 1 atom stereocenters. The molecule has 0 unspecified atom stereocenters. The first-order valence-electron chi connectivity index (χ1n) is 10.1. The summed E-state index contributed by atoms with van der Waals surface area (Å²) in [5.41, 5.74) is 0.404. The number of aliphatic hydroxyl groups is 1. The highest BCUT2D eigenvalue weighted by Crippen LogP contribution is 2.26. The zero-order valence-corrected chi connectivity index (χ0v) is 17.8. The van der Waals surface area contributed by atoms with Gasteiger partial charge in [-0.1, -0.05) is 30.9 Å². The number of hydrogen-bond donors (Lipinski definition) is 2. The van der Waals surface area contributed by atoms with E-state index in [4.69, 9.17) is 19.3 Å². The number of ether oxygens (including phenoxy) is 3. The molecule has 1 amide bonds. The van der Waals surface area contributed by atoms with Crippen LogP contribution in [0.1, 0.15) is 24.5 Å². The number of hydrogen-bond acceptors (Lipinski definition) is 6. The predicted octanol–water partition coefficient (Wildman–Crippen LogP) is 4.69. The smallest absolute Gasteiger partial charge is 0.412 e. The van der Waals surface area contributed by atoms with Crippen molar-refractivity contribution in [1.29, 1.82) is 0 Å². The third-order valence-corrected chi connectivity index (χ3v) is 4.22.